The van der Waals surface area contributed by atoms with Gasteiger partial charge in [0.1, 0.15) is 4.34 Å². The molecule has 0 amide bonds. The molecule has 0 aliphatic carbocycles. The van der Waals surface area contributed by atoms with Gasteiger partial charge in [-0.1, -0.05) is 36.9 Å². The van der Waals surface area contributed by atoms with Gasteiger partial charge in [0.15, 0.2) is 0 Å². The smallest absolute Gasteiger partial charge is 0.138 e. The molecule has 1 rings (SSSR count). The van der Waals surface area contributed by atoms with Crippen LogP contribution < -0.4 is 0 Å². The second-order valence-corrected chi connectivity index (χ2v) is 4.50. The van der Waals surface area contributed by atoms with Crippen LogP contribution in [-0.2, 0) is 5.41 Å². The molecule has 56 valence electrons. The molecule has 0 bridgehead atoms. The van der Waals surface area contributed by atoms with Gasteiger partial charge in [0.2, 0.25) is 0 Å². The summed E-state index contributed by atoms with van der Waals surface area (Å²) in [6, 6.07) is 0. The van der Waals surface area contributed by atoms with E-state index in [-0.39, 0.29) is 5.41 Å². The lowest BCUT2D eigenvalue weighted by atomic mass is 9.93. The highest BCUT2D eigenvalue weighted by Gasteiger charge is 2.20. The van der Waals surface area contributed by atoms with Crippen LogP contribution in [0.1, 0.15) is 26.5 Å². The average Bonchev–Trinajstić information content (AvgIpc) is 2.11. The fourth-order valence-corrected chi connectivity index (χ4v) is 1.67. The van der Waals surface area contributed by atoms with Gasteiger partial charge in [-0.25, -0.2) is 0 Å². The lowest BCUT2D eigenvalue weighted by molar-refractivity contribution is 0.567. The van der Waals surface area contributed by atoms with Gasteiger partial charge in [0, 0.05) is 16.9 Å². The Balaban J connectivity index is 3.05. The number of halogens is 1. The van der Waals surface area contributed by atoms with Crippen LogP contribution in [0, 0.1) is 0 Å². The Morgan fingerprint density at radius 2 is 2.00 bits per heavy atom. The lowest BCUT2D eigenvalue weighted by Gasteiger charge is -2.13. The fraction of sp³-hybridized carbons (Fsp3) is 0.667. The maximum Gasteiger partial charge on any atom is 0.138 e. The summed E-state index contributed by atoms with van der Waals surface area (Å²) in [6.07, 6.45) is 0. The third-order valence-corrected chi connectivity index (χ3v) is 2.06. The van der Waals surface area contributed by atoms with E-state index in [9.17, 15) is 0 Å². The van der Waals surface area contributed by atoms with E-state index in [4.69, 9.17) is 11.6 Å². The van der Waals surface area contributed by atoms with Crippen molar-refractivity contribution in [2.75, 3.05) is 0 Å². The van der Waals surface area contributed by atoms with Crippen molar-refractivity contribution >= 4 is 23.1 Å². The first kappa shape index (κ1) is 7.95. The molecule has 0 saturated carbocycles. The first-order valence-electron chi connectivity index (χ1n) is 3.00. The molecule has 0 aliphatic rings. The summed E-state index contributed by atoms with van der Waals surface area (Å²) < 4.78 is 4.45. The highest BCUT2D eigenvalue weighted by molar-refractivity contribution is 7.10. The molecule has 2 nitrogen and oxygen atoms in total. The van der Waals surface area contributed by atoms with E-state index in [2.05, 4.69) is 30.4 Å². The molecule has 10 heavy (non-hydrogen) atoms. The van der Waals surface area contributed by atoms with Crippen LogP contribution in [0.4, 0.5) is 0 Å². The summed E-state index contributed by atoms with van der Waals surface area (Å²) in [5.74, 6) is 0. The van der Waals surface area contributed by atoms with Crippen molar-refractivity contribution in [2.24, 2.45) is 0 Å². The molecule has 0 radical (unpaired) electrons. The van der Waals surface area contributed by atoms with E-state index < -0.39 is 0 Å². The van der Waals surface area contributed by atoms with Crippen LogP contribution in [0.2, 0.25) is 4.34 Å². The van der Waals surface area contributed by atoms with Gasteiger partial charge < -0.3 is 0 Å². The predicted molar refractivity (Wildman–Crippen MR) is 43.6 cm³/mol. The van der Waals surface area contributed by atoms with Crippen LogP contribution in [0.5, 0.6) is 0 Å². The van der Waals surface area contributed by atoms with Crippen molar-refractivity contribution in [3.63, 3.8) is 0 Å². The Morgan fingerprint density at radius 1 is 1.40 bits per heavy atom. The van der Waals surface area contributed by atoms with Gasteiger partial charge in [-0.05, 0) is 0 Å². The largest absolute Gasteiger partial charge is 0.141 e. The molecule has 0 fully saturated rings. The van der Waals surface area contributed by atoms with E-state index in [0.717, 1.165) is 5.69 Å². The summed E-state index contributed by atoms with van der Waals surface area (Å²) in [5, 5.41) is 3.92. The summed E-state index contributed by atoms with van der Waals surface area (Å²) in [7, 11) is 0. The maximum absolute atomic E-state index is 5.82. The van der Waals surface area contributed by atoms with Crippen molar-refractivity contribution < 1.29 is 0 Å². The van der Waals surface area contributed by atoms with Crippen LogP contribution >= 0.6 is 23.1 Å². The molecule has 1 heterocycles. The Kier molecular flexibility index (Phi) is 1.97. The van der Waals surface area contributed by atoms with Crippen molar-refractivity contribution in [3.05, 3.63) is 10.0 Å². The molecule has 0 spiro atoms. The monoisotopic (exact) mass is 176 g/mol. The second kappa shape index (κ2) is 2.47. The summed E-state index contributed by atoms with van der Waals surface area (Å²) in [4.78, 5) is 0. The quantitative estimate of drug-likeness (QED) is 0.607. The van der Waals surface area contributed by atoms with Crippen LogP contribution in [-0.4, -0.2) is 9.59 Å². The van der Waals surface area contributed by atoms with Crippen LogP contribution in [0.15, 0.2) is 0 Å². The number of rotatable bonds is 0. The van der Waals surface area contributed by atoms with Gasteiger partial charge in [-0.15, -0.1) is 5.10 Å². The molecule has 0 saturated heterocycles. The third-order valence-electron chi connectivity index (χ3n) is 1.16. The summed E-state index contributed by atoms with van der Waals surface area (Å²) in [6.45, 7) is 6.20. The minimum absolute atomic E-state index is 0.0179. The molecular formula is C6H9ClN2S. The van der Waals surface area contributed by atoms with E-state index >= 15 is 0 Å². The molecule has 0 aliphatic heterocycles. The molecule has 4 heteroatoms. The number of nitrogens with zero attached hydrogens (tertiary/aromatic N) is 2. The molecule has 0 N–H and O–H groups in total. The normalized spacial score (nSPS) is 12.0. The predicted octanol–water partition coefficient (Wildman–Crippen LogP) is 2.49. The molecule has 0 unspecified atom stereocenters. The first-order chi connectivity index (χ1) is 4.52. The fourth-order valence-electron chi connectivity index (χ4n) is 0.624. The van der Waals surface area contributed by atoms with E-state index in [1.54, 1.807) is 0 Å². The lowest BCUT2D eigenvalue weighted by Crippen LogP contribution is -2.12. The van der Waals surface area contributed by atoms with Gasteiger partial charge in [0.05, 0.1) is 5.69 Å². The second-order valence-electron chi connectivity index (χ2n) is 3.15. The van der Waals surface area contributed by atoms with E-state index in [0.29, 0.717) is 4.34 Å². The third kappa shape index (κ3) is 1.47. The average molecular weight is 177 g/mol. The molecule has 0 atom stereocenters. The van der Waals surface area contributed by atoms with Crippen molar-refractivity contribution in [1.82, 2.24) is 9.59 Å². The highest BCUT2D eigenvalue weighted by atomic mass is 35.5. The molecular weight excluding hydrogens is 168 g/mol. The minimum atomic E-state index is 0.0179. The number of hydrogen-bond donors (Lipinski definition) is 0. The van der Waals surface area contributed by atoms with Crippen molar-refractivity contribution in [1.29, 1.82) is 0 Å². The van der Waals surface area contributed by atoms with Crippen LogP contribution in [0.25, 0.3) is 0 Å². The van der Waals surface area contributed by atoms with Crippen LogP contribution in [0.3, 0.4) is 0 Å². The molecule has 0 aromatic carbocycles. The number of aromatic nitrogens is 2. The van der Waals surface area contributed by atoms with Gasteiger partial charge in [-0.3, -0.25) is 0 Å². The maximum atomic E-state index is 5.82. The summed E-state index contributed by atoms with van der Waals surface area (Å²) in [5.41, 5.74) is 0.906. The standard InChI is InChI=1S/C6H9ClN2S/c1-6(2,3)4-5(7)10-9-8-4/h1-3H3. The zero-order chi connectivity index (χ0) is 7.78. The van der Waals surface area contributed by atoms with Gasteiger partial charge >= 0.3 is 0 Å². The van der Waals surface area contributed by atoms with Gasteiger partial charge in [0.25, 0.3) is 0 Å². The zero-order valence-electron chi connectivity index (χ0n) is 6.18. The molecule has 1 aromatic rings. The van der Waals surface area contributed by atoms with Gasteiger partial charge in [-0.2, -0.15) is 0 Å². The summed E-state index contributed by atoms with van der Waals surface area (Å²) >= 11 is 7.05. The Bertz CT molecular complexity index is 226. The zero-order valence-corrected chi connectivity index (χ0v) is 7.75. The van der Waals surface area contributed by atoms with Crippen molar-refractivity contribution in [2.45, 2.75) is 26.2 Å². The SMILES string of the molecule is CC(C)(C)c1nnsc1Cl. The van der Waals surface area contributed by atoms with E-state index in [1.165, 1.54) is 11.5 Å². The highest BCUT2D eigenvalue weighted by Crippen LogP contribution is 2.28. The van der Waals surface area contributed by atoms with Crippen molar-refractivity contribution in [3.8, 4) is 0 Å². The Morgan fingerprint density at radius 3 is 2.20 bits per heavy atom. The topological polar surface area (TPSA) is 25.8 Å². The minimum Gasteiger partial charge on any atom is -0.141 e. The van der Waals surface area contributed by atoms with E-state index in [1.807, 2.05) is 0 Å². The first-order valence-corrected chi connectivity index (χ1v) is 4.15. The Hall–Kier alpha value is -0.150. The Labute approximate surface area is 69.4 Å². The molecule has 1 aromatic heterocycles. The number of hydrogen-bond acceptors (Lipinski definition) is 3.